The number of benzene rings is 1. The molecule has 0 unspecified atom stereocenters. The van der Waals surface area contributed by atoms with E-state index in [1.54, 1.807) is 14.1 Å². The minimum atomic E-state index is -3.40. The number of rotatable bonds is 8. The van der Waals surface area contributed by atoms with Gasteiger partial charge in [0.25, 0.3) is 10.2 Å². The second-order valence-corrected chi connectivity index (χ2v) is 7.11. The molecule has 0 aliphatic carbocycles. The smallest absolute Gasteiger partial charge is 0.281 e. The number of hydrogen-bond acceptors (Lipinski definition) is 3. The molecule has 6 heteroatoms. The van der Waals surface area contributed by atoms with Gasteiger partial charge in [-0.2, -0.15) is 17.0 Å². The first kappa shape index (κ1) is 17.1. The predicted molar refractivity (Wildman–Crippen MR) is 82.7 cm³/mol. The number of nitrogens with one attached hydrogen (secondary N) is 1. The summed E-state index contributed by atoms with van der Waals surface area (Å²) in [6, 6.07) is 7.84. The van der Waals surface area contributed by atoms with Gasteiger partial charge in [-0.05, 0) is 38.1 Å². The zero-order valence-electron chi connectivity index (χ0n) is 12.8. The van der Waals surface area contributed by atoms with E-state index in [0.717, 1.165) is 24.1 Å². The summed E-state index contributed by atoms with van der Waals surface area (Å²) in [5, 5.41) is 3.02. The summed E-state index contributed by atoms with van der Waals surface area (Å²) in [7, 11) is 1.71. The average molecular weight is 299 g/mol. The number of aryl methyl sites for hydroxylation is 1. The van der Waals surface area contributed by atoms with E-state index >= 15 is 0 Å². The van der Waals surface area contributed by atoms with E-state index in [-0.39, 0.29) is 0 Å². The molecule has 0 spiro atoms. The van der Waals surface area contributed by atoms with Gasteiger partial charge in [-0.3, -0.25) is 0 Å². The molecule has 0 fully saturated rings. The van der Waals surface area contributed by atoms with E-state index in [1.807, 2.05) is 38.2 Å². The fourth-order valence-electron chi connectivity index (χ4n) is 1.94. The molecule has 0 bridgehead atoms. The Bertz CT molecular complexity index is 517. The van der Waals surface area contributed by atoms with Crippen LogP contribution in [0, 0.1) is 6.92 Å². The van der Waals surface area contributed by atoms with Gasteiger partial charge in [0.15, 0.2) is 0 Å². The maximum Gasteiger partial charge on any atom is 0.281 e. The van der Waals surface area contributed by atoms with Crippen molar-refractivity contribution in [3.63, 3.8) is 0 Å². The summed E-state index contributed by atoms with van der Waals surface area (Å²) in [4.78, 5) is 0. The van der Waals surface area contributed by atoms with Crippen LogP contribution in [0.25, 0.3) is 0 Å². The minimum Gasteiger partial charge on any atom is -0.320 e. The Hall–Kier alpha value is -0.950. The highest BCUT2D eigenvalue weighted by Crippen LogP contribution is 2.13. The summed E-state index contributed by atoms with van der Waals surface area (Å²) < 4.78 is 27.5. The van der Waals surface area contributed by atoms with Gasteiger partial charge in [-0.1, -0.05) is 24.3 Å². The molecule has 0 atom stereocenters. The van der Waals surface area contributed by atoms with Crippen molar-refractivity contribution in [1.82, 2.24) is 13.9 Å². The van der Waals surface area contributed by atoms with Crippen LogP contribution in [0.3, 0.4) is 0 Å². The van der Waals surface area contributed by atoms with Crippen LogP contribution < -0.4 is 5.32 Å². The molecule has 0 saturated carbocycles. The van der Waals surface area contributed by atoms with Crippen molar-refractivity contribution in [3.05, 3.63) is 35.4 Å². The van der Waals surface area contributed by atoms with Crippen LogP contribution in [-0.4, -0.2) is 51.3 Å². The van der Waals surface area contributed by atoms with E-state index in [1.165, 1.54) is 8.61 Å². The fourth-order valence-corrected chi connectivity index (χ4v) is 3.08. The number of hydrogen-bond donors (Lipinski definition) is 1. The van der Waals surface area contributed by atoms with E-state index < -0.39 is 10.2 Å². The Kier molecular flexibility index (Phi) is 6.61. The van der Waals surface area contributed by atoms with E-state index in [2.05, 4.69) is 5.32 Å². The number of nitrogens with zero attached hydrogens (tertiary/aromatic N) is 2. The summed E-state index contributed by atoms with van der Waals surface area (Å²) in [5.74, 6) is 0. The first-order valence-electron chi connectivity index (χ1n) is 6.76. The summed E-state index contributed by atoms with van der Waals surface area (Å²) in [6.07, 6.45) is 0.796. The Morgan fingerprint density at radius 1 is 1.15 bits per heavy atom. The monoisotopic (exact) mass is 299 g/mol. The molecule has 1 aromatic carbocycles. The van der Waals surface area contributed by atoms with Crippen molar-refractivity contribution in [2.24, 2.45) is 0 Å². The molecular weight excluding hydrogens is 274 g/mol. The lowest BCUT2D eigenvalue weighted by Crippen LogP contribution is -2.40. The summed E-state index contributed by atoms with van der Waals surface area (Å²) >= 11 is 0. The normalized spacial score (nSPS) is 12.3. The van der Waals surface area contributed by atoms with Crippen LogP contribution in [0.15, 0.2) is 24.3 Å². The lowest BCUT2D eigenvalue weighted by molar-refractivity contribution is 0.385. The molecule has 1 aromatic rings. The molecule has 0 aliphatic heterocycles. The summed E-state index contributed by atoms with van der Waals surface area (Å²) in [6.45, 7) is 3.71. The largest absolute Gasteiger partial charge is 0.320 e. The van der Waals surface area contributed by atoms with Crippen LogP contribution in [0.2, 0.25) is 0 Å². The molecule has 20 heavy (non-hydrogen) atoms. The Morgan fingerprint density at radius 2 is 1.80 bits per heavy atom. The molecule has 1 rings (SSSR count). The maximum atomic E-state index is 12.4. The van der Waals surface area contributed by atoms with E-state index in [9.17, 15) is 8.42 Å². The summed E-state index contributed by atoms with van der Waals surface area (Å²) in [5.41, 5.74) is 2.13. The third kappa shape index (κ3) is 4.56. The quantitative estimate of drug-likeness (QED) is 0.734. The van der Waals surface area contributed by atoms with E-state index in [0.29, 0.717) is 13.1 Å². The maximum absolute atomic E-state index is 12.4. The first-order valence-corrected chi connectivity index (χ1v) is 8.16. The van der Waals surface area contributed by atoms with Crippen LogP contribution in [0.5, 0.6) is 0 Å². The van der Waals surface area contributed by atoms with Gasteiger partial charge in [0.2, 0.25) is 0 Å². The third-order valence-corrected chi connectivity index (χ3v) is 5.23. The van der Waals surface area contributed by atoms with Crippen molar-refractivity contribution < 1.29 is 8.42 Å². The highest BCUT2D eigenvalue weighted by atomic mass is 32.2. The third-order valence-electron chi connectivity index (χ3n) is 3.34. The molecular formula is C14H25N3O2S. The molecule has 0 saturated heterocycles. The predicted octanol–water partition coefficient (Wildman–Crippen LogP) is 1.21. The van der Waals surface area contributed by atoms with Crippen molar-refractivity contribution >= 4 is 10.2 Å². The minimum absolute atomic E-state index is 0.394. The SMILES string of the molecule is CNCCCN(C)S(=O)(=O)N(C)Cc1ccccc1C. The lowest BCUT2D eigenvalue weighted by Gasteiger charge is -2.25. The van der Waals surface area contributed by atoms with E-state index in [4.69, 9.17) is 0 Å². The molecule has 1 N–H and O–H groups in total. The highest BCUT2D eigenvalue weighted by molar-refractivity contribution is 7.86. The van der Waals surface area contributed by atoms with Gasteiger partial charge in [0, 0.05) is 27.2 Å². The van der Waals surface area contributed by atoms with Crippen molar-refractivity contribution in [3.8, 4) is 0 Å². The molecule has 0 heterocycles. The Labute approximate surface area is 122 Å². The van der Waals surface area contributed by atoms with Crippen LogP contribution >= 0.6 is 0 Å². The molecule has 114 valence electrons. The lowest BCUT2D eigenvalue weighted by atomic mass is 10.1. The van der Waals surface area contributed by atoms with Crippen LogP contribution in [0.1, 0.15) is 17.5 Å². The molecule has 0 aliphatic rings. The molecule has 5 nitrogen and oxygen atoms in total. The van der Waals surface area contributed by atoms with Crippen LogP contribution in [-0.2, 0) is 16.8 Å². The Balaban J connectivity index is 2.69. The highest BCUT2D eigenvalue weighted by Gasteiger charge is 2.23. The molecule has 0 amide bonds. The molecule has 0 aromatic heterocycles. The second-order valence-electron chi connectivity index (χ2n) is 4.97. The van der Waals surface area contributed by atoms with Gasteiger partial charge in [0.1, 0.15) is 0 Å². The van der Waals surface area contributed by atoms with Gasteiger partial charge in [-0.15, -0.1) is 0 Å². The van der Waals surface area contributed by atoms with Gasteiger partial charge in [-0.25, -0.2) is 0 Å². The average Bonchev–Trinajstić information content (AvgIpc) is 2.41. The van der Waals surface area contributed by atoms with Gasteiger partial charge in [0.05, 0.1) is 0 Å². The van der Waals surface area contributed by atoms with Crippen molar-refractivity contribution in [2.45, 2.75) is 19.9 Å². The van der Waals surface area contributed by atoms with Crippen LogP contribution in [0.4, 0.5) is 0 Å². The molecule has 0 radical (unpaired) electrons. The van der Waals surface area contributed by atoms with Crippen molar-refractivity contribution in [2.75, 3.05) is 34.2 Å². The zero-order chi connectivity index (χ0) is 15.2. The topological polar surface area (TPSA) is 52.7 Å². The van der Waals surface area contributed by atoms with Gasteiger partial charge < -0.3 is 5.32 Å². The van der Waals surface area contributed by atoms with Gasteiger partial charge >= 0.3 is 0 Å². The first-order chi connectivity index (χ1) is 9.39. The zero-order valence-corrected chi connectivity index (χ0v) is 13.6. The Morgan fingerprint density at radius 3 is 2.40 bits per heavy atom. The second kappa shape index (κ2) is 7.73. The van der Waals surface area contributed by atoms with Crippen molar-refractivity contribution in [1.29, 1.82) is 0 Å². The standard InChI is InChI=1S/C14H25N3O2S/c1-13-8-5-6-9-14(13)12-17(4)20(18,19)16(3)11-7-10-15-2/h5-6,8-9,15H,7,10-12H2,1-4H3. The fraction of sp³-hybridized carbons (Fsp3) is 0.571.